The number of hydrogen-bond acceptors (Lipinski definition) is 3. The molecular formula is C10H13FN2O2. The number of pyridine rings is 1. The first-order valence-electron chi connectivity index (χ1n) is 4.46. The molecule has 5 heteroatoms. The van der Waals surface area contributed by atoms with E-state index in [0.29, 0.717) is 0 Å². The number of aromatic hydroxyl groups is 1. The molecule has 0 unspecified atom stereocenters. The predicted octanol–water partition coefficient (Wildman–Crippen LogP) is 1.45. The topological polar surface area (TPSA) is 62.2 Å². The molecule has 0 spiro atoms. The van der Waals surface area contributed by atoms with E-state index in [4.69, 9.17) is 0 Å². The summed E-state index contributed by atoms with van der Waals surface area (Å²) in [5.41, 5.74) is -0.606. The smallest absolute Gasteiger partial charge is 0.274 e. The van der Waals surface area contributed by atoms with Crippen molar-refractivity contribution in [3.05, 3.63) is 23.8 Å². The van der Waals surface area contributed by atoms with Crippen LogP contribution >= 0.6 is 0 Å². The van der Waals surface area contributed by atoms with Crippen molar-refractivity contribution in [2.45, 2.75) is 26.3 Å². The number of hydrogen-bond donors (Lipinski definition) is 2. The second kappa shape index (κ2) is 3.84. The van der Waals surface area contributed by atoms with Gasteiger partial charge in [-0.2, -0.15) is 0 Å². The average molecular weight is 212 g/mol. The number of aromatic nitrogens is 1. The lowest BCUT2D eigenvalue weighted by molar-refractivity contribution is 0.0911. The van der Waals surface area contributed by atoms with Gasteiger partial charge in [0.15, 0.2) is 5.69 Å². The fraction of sp³-hybridized carbons (Fsp3) is 0.400. The molecule has 0 aliphatic rings. The highest BCUT2D eigenvalue weighted by Gasteiger charge is 2.19. The van der Waals surface area contributed by atoms with Crippen molar-refractivity contribution in [1.82, 2.24) is 10.3 Å². The zero-order valence-corrected chi connectivity index (χ0v) is 8.84. The Morgan fingerprint density at radius 1 is 1.53 bits per heavy atom. The first-order valence-corrected chi connectivity index (χ1v) is 4.46. The van der Waals surface area contributed by atoms with Crippen LogP contribution in [0.15, 0.2) is 12.3 Å². The molecule has 15 heavy (non-hydrogen) atoms. The third-order valence-corrected chi connectivity index (χ3v) is 1.54. The van der Waals surface area contributed by atoms with Crippen LogP contribution in [0, 0.1) is 5.82 Å². The number of nitrogens with zero attached hydrogens (tertiary/aromatic N) is 1. The average Bonchev–Trinajstić information content (AvgIpc) is 1.99. The van der Waals surface area contributed by atoms with E-state index in [1.165, 1.54) is 0 Å². The normalized spacial score (nSPS) is 11.2. The number of carbonyl (C=O) groups excluding carboxylic acids is 1. The van der Waals surface area contributed by atoms with Crippen LogP contribution in [0.1, 0.15) is 31.3 Å². The van der Waals surface area contributed by atoms with Crippen LogP contribution in [-0.4, -0.2) is 21.5 Å². The minimum Gasteiger partial charge on any atom is -0.505 e. The van der Waals surface area contributed by atoms with Crippen molar-refractivity contribution in [2.24, 2.45) is 0 Å². The molecule has 0 radical (unpaired) electrons. The van der Waals surface area contributed by atoms with Crippen molar-refractivity contribution < 1.29 is 14.3 Å². The maximum Gasteiger partial charge on any atom is 0.274 e. The van der Waals surface area contributed by atoms with Crippen LogP contribution in [0.5, 0.6) is 5.75 Å². The van der Waals surface area contributed by atoms with Crippen molar-refractivity contribution >= 4 is 5.91 Å². The lowest BCUT2D eigenvalue weighted by Gasteiger charge is -2.20. The third-order valence-electron chi connectivity index (χ3n) is 1.54. The van der Waals surface area contributed by atoms with E-state index in [-0.39, 0.29) is 5.69 Å². The predicted molar refractivity (Wildman–Crippen MR) is 53.1 cm³/mol. The maximum absolute atomic E-state index is 12.6. The lowest BCUT2D eigenvalue weighted by Crippen LogP contribution is -2.40. The van der Waals surface area contributed by atoms with E-state index in [1.807, 2.05) is 0 Å². The molecule has 1 rings (SSSR count). The highest BCUT2D eigenvalue weighted by Crippen LogP contribution is 2.15. The van der Waals surface area contributed by atoms with E-state index < -0.39 is 23.0 Å². The molecule has 4 nitrogen and oxygen atoms in total. The summed E-state index contributed by atoms with van der Waals surface area (Å²) in [6.07, 6.45) is 0.886. The molecule has 0 aliphatic heterocycles. The van der Waals surface area contributed by atoms with E-state index in [0.717, 1.165) is 12.3 Å². The van der Waals surface area contributed by atoms with Gasteiger partial charge in [-0.05, 0) is 20.8 Å². The van der Waals surface area contributed by atoms with E-state index in [1.54, 1.807) is 20.8 Å². The maximum atomic E-state index is 12.6. The Bertz CT molecular complexity index is 385. The summed E-state index contributed by atoms with van der Waals surface area (Å²) in [4.78, 5) is 15.1. The second-order valence-corrected chi connectivity index (χ2v) is 4.23. The molecule has 0 saturated heterocycles. The SMILES string of the molecule is CC(C)(C)NC(=O)c1ncc(F)cc1O. The van der Waals surface area contributed by atoms with E-state index >= 15 is 0 Å². The molecule has 1 aromatic heterocycles. The van der Waals surface area contributed by atoms with Gasteiger partial charge in [0, 0.05) is 11.6 Å². The molecule has 0 bridgehead atoms. The summed E-state index contributed by atoms with van der Waals surface area (Å²) in [7, 11) is 0. The first-order chi connectivity index (χ1) is 6.79. The van der Waals surface area contributed by atoms with Crippen molar-refractivity contribution in [3.8, 4) is 5.75 Å². The molecule has 0 fully saturated rings. The van der Waals surface area contributed by atoms with Crippen LogP contribution < -0.4 is 5.32 Å². The minimum atomic E-state index is -0.681. The van der Waals surface area contributed by atoms with Crippen LogP contribution in [0.4, 0.5) is 4.39 Å². The Morgan fingerprint density at radius 3 is 2.60 bits per heavy atom. The third kappa shape index (κ3) is 3.19. The van der Waals surface area contributed by atoms with E-state index in [2.05, 4.69) is 10.3 Å². The molecule has 1 aromatic rings. The Balaban J connectivity index is 2.92. The summed E-state index contributed by atoms with van der Waals surface area (Å²) < 4.78 is 12.6. The van der Waals surface area contributed by atoms with Gasteiger partial charge in [0.2, 0.25) is 0 Å². The van der Waals surface area contributed by atoms with E-state index in [9.17, 15) is 14.3 Å². The van der Waals surface area contributed by atoms with Gasteiger partial charge < -0.3 is 10.4 Å². The van der Waals surface area contributed by atoms with Gasteiger partial charge in [-0.15, -0.1) is 0 Å². The minimum absolute atomic E-state index is 0.175. The van der Waals surface area contributed by atoms with Crippen molar-refractivity contribution in [3.63, 3.8) is 0 Å². The monoisotopic (exact) mass is 212 g/mol. The van der Waals surface area contributed by atoms with Gasteiger partial charge in [0.25, 0.3) is 5.91 Å². The van der Waals surface area contributed by atoms with Gasteiger partial charge in [0.05, 0.1) is 6.20 Å². The Labute approximate surface area is 87.1 Å². The fourth-order valence-electron chi connectivity index (χ4n) is 1.00. The summed E-state index contributed by atoms with van der Waals surface area (Å²) in [6.45, 7) is 5.39. The molecular weight excluding hydrogens is 199 g/mol. The number of amides is 1. The Hall–Kier alpha value is -1.65. The Kier molecular flexibility index (Phi) is 2.93. The fourth-order valence-corrected chi connectivity index (χ4v) is 1.00. The molecule has 1 heterocycles. The zero-order chi connectivity index (χ0) is 11.6. The first kappa shape index (κ1) is 11.4. The molecule has 82 valence electrons. The van der Waals surface area contributed by atoms with Crippen LogP contribution in [0.2, 0.25) is 0 Å². The molecule has 0 atom stereocenters. The number of carbonyl (C=O) groups is 1. The lowest BCUT2D eigenvalue weighted by atomic mass is 10.1. The molecule has 1 amide bonds. The number of rotatable bonds is 1. The summed E-state index contributed by atoms with van der Waals surface area (Å²) in [6, 6.07) is 0.852. The zero-order valence-electron chi connectivity index (χ0n) is 8.84. The standard InChI is InChI=1S/C10H13FN2O2/c1-10(2,3)13-9(15)8-7(14)4-6(11)5-12-8/h4-5,14H,1-3H3,(H,13,15). The Morgan fingerprint density at radius 2 is 2.13 bits per heavy atom. The highest BCUT2D eigenvalue weighted by molar-refractivity contribution is 5.95. The molecule has 0 aromatic carbocycles. The van der Waals surface area contributed by atoms with Crippen molar-refractivity contribution in [1.29, 1.82) is 0 Å². The molecule has 0 saturated carbocycles. The van der Waals surface area contributed by atoms with Crippen LogP contribution in [-0.2, 0) is 0 Å². The van der Waals surface area contributed by atoms with Crippen molar-refractivity contribution in [2.75, 3.05) is 0 Å². The van der Waals surface area contributed by atoms with Gasteiger partial charge in [-0.25, -0.2) is 9.37 Å². The summed E-state index contributed by atoms with van der Waals surface area (Å²) in [5, 5.41) is 11.9. The quantitative estimate of drug-likeness (QED) is 0.740. The largest absolute Gasteiger partial charge is 0.505 e. The van der Waals surface area contributed by atoms with Gasteiger partial charge in [0.1, 0.15) is 11.6 Å². The van der Waals surface area contributed by atoms with Gasteiger partial charge in [-0.1, -0.05) is 0 Å². The highest BCUT2D eigenvalue weighted by atomic mass is 19.1. The van der Waals surface area contributed by atoms with Crippen LogP contribution in [0.25, 0.3) is 0 Å². The summed E-state index contributed by atoms with van der Waals surface area (Å²) >= 11 is 0. The van der Waals surface area contributed by atoms with Crippen LogP contribution in [0.3, 0.4) is 0 Å². The van der Waals surface area contributed by atoms with Gasteiger partial charge in [-0.3, -0.25) is 4.79 Å². The molecule has 0 aliphatic carbocycles. The second-order valence-electron chi connectivity index (χ2n) is 4.23. The molecule has 2 N–H and O–H groups in total. The van der Waals surface area contributed by atoms with Gasteiger partial charge >= 0.3 is 0 Å². The summed E-state index contributed by atoms with van der Waals surface area (Å²) in [5.74, 6) is -1.67. The number of halogens is 1. The number of nitrogens with one attached hydrogen (secondary N) is 1.